The lowest BCUT2D eigenvalue weighted by atomic mass is 9.72. The Labute approximate surface area is 371 Å². The number of carbonyl (C=O) groups excluding carboxylic acids is 1. The number of aromatic nitrogens is 4. The van der Waals surface area contributed by atoms with E-state index < -0.39 is 31.4 Å². The zero-order valence-corrected chi connectivity index (χ0v) is 36.9. The van der Waals surface area contributed by atoms with Gasteiger partial charge in [0, 0.05) is 67.6 Å². The molecule has 1 aliphatic carbocycles. The summed E-state index contributed by atoms with van der Waals surface area (Å²) >= 11 is 6.26. The van der Waals surface area contributed by atoms with Gasteiger partial charge in [-0.1, -0.05) is 43.2 Å². The highest BCUT2D eigenvalue weighted by Gasteiger charge is 2.31. The molecular weight excluding hydrogens is 840 g/mol. The topological polar surface area (TPSA) is 183 Å². The molecule has 0 saturated carbocycles. The number of aromatic amines is 1. The number of nitro groups is 1. The fourth-order valence-electron chi connectivity index (χ4n) is 9.15. The number of benzene rings is 3. The van der Waals surface area contributed by atoms with Gasteiger partial charge >= 0.3 is 0 Å². The summed E-state index contributed by atoms with van der Waals surface area (Å²) in [6.07, 6.45) is 8.48. The maximum atomic E-state index is 14.2. The number of piperidine rings is 1. The van der Waals surface area contributed by atoms with Crippen molar-refractivity contribution in [3.05, 3.63) is 117 Å². The standard InChI is InChI=1S/C46H51ClN10O5S/c1-46(2)15-11-33(38(26-46)31-3-5-34(47)6-4-31)29-54-19-21-55(22-20-54)35-7-9-37(41(24-35)56-42-23-32-14-18-49-44(32)52-40(42)28-51-56)45(58)53-63(61,62)36-8-10-39(43(25-36)57(59)60)50-27-30-12-16-48-17-13-30/h3-10,14,18,23-25,28,30,48,50H,11-13,15-17,19-22,26-27,29H2,1-2H3,(H,49,52)(H,53,58). The second kappa shape index (κ2) is 17.4. The summed E-state index contributed by atoms with van der Waals surface area (Å²) < 4.78 is 31.5. The van der Waals surface area contributed by atoms with Crippen molar-refractivity contribution in [3.8, 4) is 5.69 Å². The predicted octanol–water partition coefficient (Wildman–Crippen LogP) is 7.78. The lowest BCUT2D eigenvalue weighted by Gasteiger charge is -2.39. The number of fused-ring (bicyclic) bond motifs is 2. The first-order valence-electron chi connectivity index (χ1n) is 21.5. The average molecular weight is 891 g/mol. The minimum absolute atomic E-state index is 0.0526. The van der Waals surface area contributed by atoms with Crippen LogP contribution in [0.3, 0.4) is 0 Å². The van der Waals surface area contributed by atoms with E-state index >= 15 is 0 Å². The number of H-pyrrole nitrogens is 1. The van der Waals surface area contributed by atoms with Crippen molar-refractivity contribution in [1.82, 2.24) is 34.7 Å². The molecule has 15 nitrogen and oxygen atoms in total. The molecule has 0 spiro atoms. The molecule has 5 heterocycles. The van der Waals surface area contributed by atoms with Crippen molar-refractivity contribution in [1.29, 1.82) is 0 Å². The second-order valence-electron chi connectivity index (χ2n) is 17.7. The number of rotatable bonds is 12. The monoisotopic (exact) mass is 890 g/mol. The molecular formula is C46H51ClN10O5S. The molecule has 0 atom stereocenters. The highest BCUT2D eigenvalue weighted by molar-refractivity contribution is 7.90. The zero-order chi connectivity index (χ0) is 43.9. The smallest absolute Gasteiger partial charge is 0.293 e. The van der Waals surface area contributed by atoms with Crippen LogP contribution in [0.1, 0.15) is 61.9 Å². The molecule has 4 N–H and O–H groups in total. The van der Waals surface area contributed by atoms with Crippen LogP contribution in [0.15, 0.2) is 95.7 Å². The van der Waals surface area contributed by atoms with Gasteiger partial charge in [0.2, 0.25) is 0 Å². The molecule has 17 heteroatoms. The Morgan fingerprint density at radius 1 is 1.00 bits per heavy atom. The van der Waals surface area contributed by atoms with Crippen molar-refractivity contribution in [2.24, 2.45) is 11.3 Å². The van der Waals surface area contributed by atoms with Gasteiger partial charge in [0.05, 0.1) is 32.8 Å². The van der Waals surface area contributed by atoms with Crippen molar-refractivity contribution in [2.45, 2.75) is 50.8 Å². The minimum Gasteiger partial charge on any atom is -0.379 e. The Morgan fingerprint density at radius 3 is 2.54 bits per heavy atom. The van der Waals surface area contributed by atoms with Gasteiger partial charge in [-0.25, -0.2) is 22.8 Å². The molecule has 9 rings (SSSR count). The van der Waals surface area contributed by atoms with Gasteiger partial charge in [-0.05, 0) is 122 Å². The van der Waals surface area contributed by atoms with E-state index in [9.17, 15) is 23.3 Å². The summed E-state index contributed by atoms with van der Waals surface area (Å²) in [4.78, 5) is 37.9. The number of piperazine rings is 1. The van der Waals surface area contributed by atoms with E-state index in [-0.39, 0.29) is 16.7 Å². The molecule has 2 fully saturated rings. The SMILES string of the molecule is CC1(C)CCC(CN2CCN(c3ccc(C(=O)NS(=O)(=O)c4ccc(NCC5CCNCC5)c([N+](=O)[O-])c4)c(-n4ncc5nc6[nH]ccc6cc54)c3)CC2)=C(c2ccc(Cl)cc2)C1. The van der Waals surface area contributed by atoms with E-state index in [1.54, 1.807) is 23.1 Å². The van der Waals surface area contributed by atoms with Gasteiger partial charge in [0.1, 0.15) is 16.9 Å². The summed E-state index contributed by atoms with van der Waals surface area (Å²) in [5.41, 5.74) is 7.35. The number of anilines is 2. The first-order valence-corrected chi connectivity index (χ1v) is 23.4. The molecule has 63 heavy (non-hydrogen) atoms. The number of halogens is 1. The molecule has 2 aliphatic heterocycles. The fourth-order valence-corrected chi connectivity index (χ4v) is 10.3. The Kier molecular flexibility index (Phi) is 11.7. The quantitative estimate of drug-likeness (QED) is 0.0696. The number of nitrogens with one attached hydrogen (secondary N) is 4. The van der Waals surface area contributed by atoms with Gasteiger partial charge in [0.25, 0.3) is 21.6 Å². The van der Waals surface area contributed by atoms with E-state index in [1.807, 2.05) is 36.4 Å². The van der Waals surface area contributed by atoms with Gasteiger partial charge < -0.3 is 20.5 Å². The number of carbonyl (C=O) groups is 1. The molecule has 3 aromatic carbocycles. The summed E-state index contributed by atoms with van der Waals surface area (Å²) in [5.74, 6) is -0.570. The summed E-state index contributed by atoms with van der Waals surface area (Å²) in [7, 11) is -4.56. The first-order chi connectivity index (χ1) is 30.3. The number of amides is 1. The van der Waals surface area contributed by atoms with Crippen molar-refractivity contribution in [3.63, 3.8) is 0 Å². The molecule has 0 unspecified atom stereocenters. The van der Waals surface area contributed by atoms with E-state index in [2.05, 4.69) is 61.2 Å². The van der Waals surface area contributed by atoms with Crippen LogP contribution in [0.2, 0.25) is 5.02 Å². The number of hydrogen-bond acceptors (Lipinski definition) is 11. The van der Waals surface area contributed by atoms with Crippen LogP contribution < -0.4 is 20.3 Å². The summed E-state index contributed by atoms with van der Waals surface area (Å²) in [6.45, 7) is 11.0. The number of hydrogen-bond donors (Lipinski definition) is 4. The van der Waals surface area contributed by atoms with Crippen LogP contribution >= 0.6 is 11.6 Å². The molecule has 2 saturated heterocycles. The maximum Gasteiger partial charge on any atom is 0.293 e. The Bertz CT molecular complexity index is 2840. The van der Waals surface area contributed by atoms with E-state index in [4.69, 9.17) is 16.6 Å². The molecule has 3 aromatic heterocycles. The van der Waals surface area contributed by atoms with Crippen molar-refractivity contribution in [2.75, 3.05) is 62.6 Å². The Balaban J connectivity index is 0.976. The average Bonchev–Trinajstić information content (AvgIpc) is 3.92. The number of sulfonamides is 1. The van der Waals surface area contributed by atoms with Gasteiger partial charge in [-0.2, -0.15) is 5.10 Å². The minimum atomic E-state index is -4.56. The van der Waals surface area contributed by atoms with E-state index in [1.165, 1.54) is 28.8 Å². The fraction of sp³-hybridized carbons (Fsp3) is 0.370. The lowest BCUT2D eigenvalue weighted by Crippen LogP contribution is -2.47. The lowest BCUT2D eigenvalue weighted by molar-refractivity contribution is -0.384. The number of nitrogens with zero attached hydrogens (tertiary/aromatic N) is 6. The number of nitro benzene ring substituents is 1. The second-order valence-corrected chi connectivity index (χ2v) is 19.8. The van der Waals surface area contributed by atoms with Gasteiger partial charge in [0.15, 0.2) is 0 Å². The maximum absolute atomic E-state index is 14.2. The van der Waals surface area contributed by atoms with Crippen LogP contribution in [-0.2, 0) is 10.0 Å². The van der Waals surface area contributed by atoms with Crippen molar-refractivity contribution < 1.29 is 18.1 Å². The summed E-state index contributed by atoms with van der Waals surface area (Å²) in [6, 6.07) is 21.0. The normalized spacial score (nSPS) is 17.7. The summed E-state index contributed by atoms with van der Waals surface area (Å²) in [5, 5.41) is 24.8. The highest BCUT2D eigenvalue weighted by atomic mass is 35.5. The highest BCUT2D eigenvalue weighted by Crippen LogP contribution is 2.43. The Hall–Kier alpha value is -5.81. The largest absolute Gasteiger partial charge is 0.379 e. The number of pyridine rings is 1. The third-order valence-corrected chi connectivity index (χ3v) is 14.4. The molecule has 6 aromatic rings. The van der Waals surface area contributed by atoms with Gasteiger partial charge in [-0.3, -0.25) is 19.8 Å². The van der Waals surface area contributed by atoms with Crippen LogP contribution in [0.25, 0.3) is 33.3 Å². The van der Waals surface area contributed by atoms with Crippen LogP contribution in [0, 0.1) is 21.4 Å². The first kappa shape index (κ1) is 42.5. The number of allylic oxidation sites excluding steroid dienone is 1. The van der Waals surface area contributed by atoms with E-state index in [0.717, 1.165) is 100 Å². The van der Waals surface area contributed by atoms with E-state index in [0.29, 0.717) is 34.8 Å². The van der Waals surface area contributed by atoms with Crippen LogP contribution in [-0.4, -0.2) is 96.3 Å². The molecule has 0 bridgehead atoms. The van der Waals surface area contributed by atoms with Crippen molar-refractivity contribution >= 4 is 72.2 Å². The Morgan fingerprint density at radius 2 is 1.78 bits per heavy atom. The third-order valence-electron chi connectivity index (χ3n) is 12.8. The molecule has 328 valence electrons. The molecule has 1 amide bonds. The van der Waals surface area contributed by atoms with Crippen LogP contribution in [0.4, 0.5) is 17.1 Å². The third kappa shape index (κ3) is 9.16. The van der Waals surface area contributed by atoms with Gasteiger partial charge in [-0.15, -0.1) is 0 Å². The predicted molar refractivity (Wildman–Crippen MR) is 247 cm³/mol. The molecule has 3 aliphatic rings. The molecule has 0 radical (unpaired) electrons. The zero-order valence-electron chi connectivity index (χ0n) is 35.4. The van der Waals surface area contributed by atoms with Crippen LogP contribution in [0.5, 0.6) is 0 Å².